The van der Waals surface area contributed by atoms with Gasteiger partial charge in [-0.3, -0.25) is 0 Å². The van der Waals surface area contributed by atoms with Gasteiger partial charge in [0.1, 0.15) is 11.0 Å². The molecule has 0 radical (unpaired) electrons. The van der Waals surface area contributed by atoms with Crippen molar-refractivity contribution in [3.63, 3.8) is 0 Å². The van der Waals surface area contributed by atoms with Gasteiger partial charge in [-0.15, -0.1) is 11.6 Å². The molecule has 0 amide bonds. The first-order valence-electron chi connectivity index (χ1n) is 4.26. The Kier molecular flexibility index (Phi) is 2.45. The van der Waals surface area contributed by atoms with Gasteiger partial charge in [0.25, 0.3) is 0 Å². The summed E-state index contributed by atoms with van der Waals surface area (Å²) in [5, 5.41) is 8.59. The first kappa shape index (κ1) is 8.51. The Labute approximate surface area is 81.3 Å². The van der Waals surface area contributed by atoms with Crippen molar-refractivity contribution in [2.24, 2.45) is 0 Å². The molecule has 1 aromatic heterocycles. The maximum Gasteiger partial charge on any atom is 0.113 e. The van der Waals surface area contributed by atoms with Gasteiger partial charge in [0.05, 0.1) is 6.54 Å². The van der Waals surface area contributed by atoms with E-state index in [4.69, 9.17) is 11.6 Å². The van der Waals surface area contributed by atoms with Crippen molar-refractivity contribution >= 4 is 22.6 Å². The zero-order valence-electron chi connectivity index (χ0n) is 7.15. The van der Waals surface area contributed by atoms with E-state index < -0.39 is 0 Å². The number of rotatable bonds is 3. The van der Waals surface area contributed by atoms with Crippen LogP contribution in [0.4, 0.5) is 0 Å². The monoisotopic (exact) mass is 195 g/mol. The Bertz CT molecular complexity index is 363. The van der Waals surface area contributed by atoms with E-state index in [2.05, 4.69) is 10.2 Å². The Morgan fingerprint density at radius 2 is 1.77 bits per heavy atom. The van der Waals surface area contributed by atoms with E-state index in [0.717, 1.165) is 24.0 Å². The third-order valence-corrected chi connectivity index (χ3v) is 2.09. The molecule has 2 rings (SSSR count). The van der Waals surface area contributed by atoms with Gasteiger partial charge >= 0.3 is 0 Å². The van der Waals surface area contributed by atoms with Crippen LogP contribution in [-0.4, -0.2) is 20.9 Å². The van der Waals surface area contributed by atoms with Gasteiger partial charge in [0, 0.05) is 5.88 Å². The first-order chi connectivity index (χ1) is 6.40. The summed E-state index contributed by atoms with van der Waals surface area (Å²) in [5.74, 6) is 0.651. The van der Waals surface area contributed by atoms with Crippen LogP contribution in [0.1, 0.15) is 6.42 Å². The van der Waals surface area contributed by atoms with Gasteiger partial charge in [-0.25, -0.2) is 0 Å². The summed E-state index contributed by atoms with van der Waals surface area (Å²) in [6, 6.07) is 7.84. The SMILES string of the molecule is ClCCCn1nc2ccccc2n1. The third-order valence-electron chi connectivity index (χ3n) is 1.82. The van der Waals surface area contributed by atoms with E-state index >= 15 is 0 Å². The maximum absolute atomic E-state index is 5.58. The Balaban J connectivity index is 2.28. The molecule has 0 fully saturated rings. The smallest absolute Gasteiger partial charge is 0.113 e. The van der Waals surface area contributed by atoms with Crippen LogP contribution in [0.3, 0.4) is 0 Å². The van der Waals surface area contributed by atoms with Crippen molar-refractivity contribution in [3.05, 3.63) is 24.3 Å². The summed E-state index contributed by atoms with van der Waals surface area (Å²) in [6.07, 6.45) is 0.905. The van der Waals surface area contributed by atoms with Gasteiger partial charge in [0.2, 0.25) is 0 Å². The average molecular weight is 196 g/mol. The lowest BCUT2D eigenvalue weighted by atomic mass is 10.3. The normalized spacial score (nSPS) is 10.8. The highest BCUT2D eigenvalue weighted by Gasteiger charge is 1.99. The van der Waals surface area contributed by atoms with Gasteiger partial charge in [-0.1, -0.05) is 12.1 Å². The highest BCUT2D eigenvalue weighted by molar-refractivity contribution is 6.17. The van der Waals surface area contributed by atoms with E-state index in [1.54, 1.807) is 4.80 Å². The van der Waals surface area contributed by atoms with Crippen LogP contribution in [0, 0.1) is 0 Å². The number of aromatic nitrogens is 3. The molecule has 0 aliphatic rings. The standard InChI is InChI=1S/C9H10ClN3/c10-6-3-7-13-11-8-4-1-2-5-9(8)12-13/h1-2,4-5H,3,6-7H2. The third kappa shape index (κ3) is 1.80. The van der Waals surface area contributed by atoms with E-state index in [9.17, 15) is 0 Å². The molecule has 13 heavy (non-hydrogen) atoms. The van der Waals surface area contributed by atoms with Gasteiger partial charge in [0.15, 0.2) is 0 Å². The van der Waals surface area contributed by atoms with Crippen molar-refractivity contribution in [1.29, 1.82) is 0 Å². The second-order valence-corrected chi connectivity index (χ2v) is 3.21. The number of nitrogens with zero attached hydrogens (tertiary/aromatic N) is 3. The molecule has 4 heteroatoms. The Morgan fingerprint density at radius 3 is 2.31 bits per heavy atom. The Hall–Kier alpha value is -1.09. The van der Waals surface area contributed by atoms with Gasteiger partial charge in [-0.2, -0.15) is 15.0 Å². The number of aryl methyl sites for hydroxylation is 1. The fourth-order valence-corrected chi connectivity index (χ4v) is 1.33. The predicted octanol–water partition coefficient (Wildman–Crippen LogP) is 2.06. The summed E-state index contributed by atoms with van der Waals surface area (Å²) >= 11 is 5.58. The number of alkyl halides is 1. The molecule has 0 spiro atoms. The highest BCUT2D eigenvalue weighted by atomic mass is 35.5. The highest BCUT2D eigenvalue weighted by Crippen LogP contribution is 2.07. The van der Waals surface area contributed by atoms with E-state index in [-0.39, 0.29) is 0 Å². The van der Waals surface area contributed by atoms with E-state index in [1.165, 1.54) is 0 Å². The second-order valence-electron chi connectivity index (χ2n) is 2.83. The van der Waals surface area contributed by atoms with Gasteiger partial charge < -0.3 is 0 Å². The van der Waals surface area contributed by atoms with Crippen molar-refractivity contribution in [3.8, 4) is 0 Å². The summed E-state index contributed by atoms with van der Waals surface area (Å²) in [7, 11) is 0. The second kappa shape index (κ2) is 3.75. The number of fused-ring (bicyclic) bond motifs is 1. The lowest BCUT2D eigenvalue weighted by Crippen LogP contribution is -2.02. The zero-order chi connectivity index (χ0) is 9.10. The minimum absolute atomic E-state index is 0.651. The quantitative estimate of drug-likeness (QED) is 0.702. The van der Waals surface area contributed by atoms with Crippen LogP contribution >= 0.6 is 11.6 Å². The topological polar surface area (TPSA) is 30.7 Å². The van der Waals surface area contributed by atoms with E-state index in [0.29, 0.717) is 5.88 Å². The molecule has 0 unspecified atom stereocenters. The van der Waals surface area contributed by atoms with E-state index in [1.807, 2.05) is 24.3 Å². The molecule has 0 aliphatic heterocycles. The molecule has 0 saturated heterocycles. The van der Waals surface area contributed by atoms with Gasteiger partial charge in [-0.05, 0) is 18.6 Å². The van der Waals surface area contributed by atoms with Crippen LogP contribution in [0.15, 0.2) is 24.3 Å². The fourth-order valence-electron chi connectivity index (χ4n) is 1.21. The van der Waals surface area contributed by atoms with Crippen molar-refractivity contribution in [2.75, 3.05) is 5.88 Å². The van der Waals surface area contributed by atoms with Crippen LogP contribution in [-0.2, 0) is 6.54 Å². The molecule has 0 atom stereocenters. The van der Waals surface area contributed by atoms with Crippen LogP contribution < -0.4 is 0 Å². The molecule has 0 aliphatic carbocycles. The van der Waals surface area contributed by atoms with Crippen LogP contribution in [0.25, 0.3) is 11.0 Å². The van der Waals surface area contributed by atoms with Crippen molar-refractivity contribution in [2.45, 2.75) is 13.0 Å². The summed E-state index contributed by atoms with van der Waals surface area (Å²) in [4.78, 5) is 1.70. The molecule has 2 aromatic rings. The summed E-state index contributed by atoms with van der Waals surface area (Å²) < 4.78 is 0. The summed E-state index contributed by atoms with van der Waals surface area (Å²) in [6.45, 7) is 0.790. The molecular formula is C9H10ClN3. The number of hydrogen-bond donors (Lipinski definition) is 0. The molecule has 68 valence electrons. The number of hydrogen-bond acceptors (Lipinski definition) is 2. The van der Waals surface area contributed by atoms with Crippen LogP contribution in [0.5, 0.6) is 0 Å². The van der Waals surface area contributed by atoms with Crippen LogP contribution in [0.2, 0.25) is 0 Å². The lowest BCUT2D eigenvalue weighted by molar-refractivity contribution is 0.537. The summed E-state index contributed by atoms with van der Waals surface area (Å²) in [5.41, 5.74) is 1.88. The molecule has 1 aromatic carbocycles. The van der Waals surface area contributed by atoms with Crippen molar-refractivity contribution < 1.29 is 0 Å². The number of halogens is 1. The fraction of sp³-hybridized carbons (Fsp3) is 0.333. The molecule has 3 nitrogen and oxygen atoms in total. The molecule has 0 saturated carbocycles. The molecule has 1 heterocycles. The molecule has 0 bridgehead atoms. The molecule has 0 N–H and O–H groups in total. The minimum atomic E-state index is 0.651. The molecular weight excluding hydrogens is 186 g/mol. The minimum Gasteiger partial charge on any atom is -0.184 e. The van der Waals surface area contributed by atoms with Crippen molar-refractivity contribution in [1.82, 2.24) is 15.0 Å². The first-order valence-corrected chi connectivity index (χ1v) is 4.79. The lowest BCUT2D eigenvalue weighted by Gasteiger charge is -1.93. The predicted molar refractivity (Wildman–Crippen MR) is 52.9 cm³/mol. The average Bonchev–Trinajstić information content (AvgIpc) is 2.57. The Morgan fingerprint density at radius 1 is 1.15 bits per heavy atom. The zero-order valence-corrected chi connectivity index (χ0v) is 7.91. The maximum atomic E-state index is 5.58. The largest absolute Gasteiger partial charge is 0.184 e. The number of benzene rings is 1.